The molecule has 3 nitrogen and oxygen atoms in total. The number of hydrogen-bond acceptors (Lipinski definition) is 2. The van der Waals surface area contributed by atoms with E-state index in [2.05, 4.69) is 4.98 Å². The lowest BCUT2D eigenvalue weighted by Gasteiger charge is -2.10. The van der Waals surface area contributed by atoms with Gasteiger partial charge >= 0.3 is 0 Å². The van der Waals surface area contributed by atoms with Gasteiger partial charge in [0, 0.05) is 17.8 Å². The topological polar surface area (TPSA) is 34.4 Å². The highest BCUT2D eigenvalue weighted by molar-refractivity contribution is 6.03. The summed E-state index contributed by atoms with van der Waals surface area (Å²) in [7, 11) is 0. The molecule has 0 bridgehead atoms. The van der Waals surface area contributed by atoms with Crippen molar-refractivity contribution < 1.29 is 0 Å². The summed E-state index contributed by atoms with van der Waals surface area (Å²) < 4.78 is 1.69. The third-order valence-electron chi connectivity index (χ3n) is 3.69. The molecule has 3 heterocycles. The third-order valence-corrected chi connectivity index (χ3v) is 3.69. The third kappa shape index (κ3) is 1.75. The zero-order valence-corrected chi connectivity index (χ0v) is 11.2. The maximum Gasteiger partial charge on any atom is 0.265 e. The molecule has 0 atom stereocenters. The largest absolute Gasteiger partial charge is 0.283 e. The van der Waals surface area contributed by atoms with Gasteiger partial charge < -0.3 is 0 Å². The fourth-order valence-corrected chi connectivity index (χ4v) is 2.76. The van der Waals surface area contributed by atoms with Crippen LogP contribution in [0, 0.1) is 0 Å². The fraction of sp³-hybridized carbons (Fsp3) is 0. The van der Waals surface area contributed by atoms with Crippen LogP contribution >= 0.6 is 0 Å². The number of hydrogen-bond donors (Lipinski definition) is 0. The van der Waals surface area contributed by atoms with Crippen LogP contribution in [0.15, 0.2) is 77.9 Å². The van der Waals surface area contributed by atoms with Gasteiger partial charge in [-0.15, -0.1) is 0 Å². The minimum absolute atomic E-state index is 0.0389. The number of benzene rings is 1. The van der Waals surface area contributed by atoms with Crippen LogP contribution in [0.5, 0.6) is 0 Å². The normalized spacial score (nSPS) is 11.0. The van der Waals surface area contributed by atoms with Gasteiger partial charge in [-0.1, -0.05) is 36.4 Å². The van der Waals surface area contributed by atoms with E-state index in [0.29, 0.717) is 11.3 Å². The Morgan fingerprint density at radius 2 is 1.57 bits per heavy atom. The Kier molecular flexibility index (Phi) is 2.57. The molecule has 0 N–H and O–H groups in total. The zero-order chi connectivity index (χ0) is 14.2. The summed E-state index contributed by atoms with van der Waals surface area (Å²) in [6.45, 7) is 0. The Labute approximate surface area is 121 Å². The first-order valence-electron chi connectivity index (χ1n) is 6.80. The van der Waals surface area contributed by atoms with E-state index in [9.17, 15) is 4.79 Å². The molecule has 1 aromatic carbocycles. The summed E-state index contributed by atoms with van der Waals surface area (Å²) in [5, 5.41) is 1.99. The Morgan fingerprint density at radius 3 is 2.38 bits per heavy atom. The molecule has 0 aliphatic rings. The quantitative estimate of drug-likeness (QED) is 0.497. The Morgan fingerprint density at radius 1 is 0.810 bits per heavy atom. The van der Waals surface area contributed by atoms with Crippen LogP contribution in [0.1, 0.15) is 0 Å². The van der Waals surface area contributed by atoms with E-state index < -0.39 is 0 Å². The lowest BCUT2D eigenvalue weighted by Crippen LogP contribution is -2.16. The molecule has 0 spiro atoms. The molecule has 3 heteroatoms. The second kappa shape index (κ2) is 4.56. The van der Waals surface area contributed by atoms with Gasteiger partial charge in [-0.05, 0) is 29.7 Å². The molecule has 0 radical (unpaired) electrons. The maximum atomic E-state index is 12.9. The number of nitrogens with zero attached hydrogens (tertiary/aromatic N) is 2. The Balaban J connectivity index is 2.29. The van der Waals surface area contributed by atoms with E-state index in [1.807, 2.05) is 60.7 Å². The number of aromatic nitrogens is 2. The summed E-state index contributed by atoms with van der Waals surface area (Å²) in [5.41, 5.74) is 2.23. The highest BCUT2D eigenvalue weighted by Gasteiger charge is 2.13. The average molecular weight is 272 g/mol. The predicted molar refractivity (Wildman–Crippen MR) is 84.4 cm³/mol. The van der Waals surface area contributed by atoms with E-state index in [1.165, 1.54) is 0 Å². The van der Waals surface area contributed by atoms with Crippen LogP contribution in [0.2, 0.25) is 0 Å². The van der Waals surface area contributed by atoms with E-state index in [1.54, 1.807) is 16.8 Å². The lowest BCUT2D eigenvalue weighted by molar-refractivity contribution is 1.11. The minimum Gasteiger partial charge on any atom is -0.283 e. The lowest BCUT2D eigenvalue weighted by atomic mass is 10.0. The molecule has 0 amide bonds. The molecule has 0 aliphatic heterocycles. The summed E-state index contributed by atoms with van der Waals surface area (Å²) >= 11 is 0. The molecule has 21 heavy (non-hydrogen) atoms. The van der Waals surface area contributed by atoms with Crippen molar-refractivity contribution in [1.29, 1.82) is 0 Å². The van der Waals surface area contributed by atoms with Crippen molar-refractivity contribution in [3.8, 4) is 11.3 Å². The van der Waals surface area contributed by atoms with Crippen molar-refractivity contribution >= 4 is 16.3 Å². The first-order chi connectivity index (χ1) is 10.4. The molecular weight excluding hydrogens is 260 g/mol. The molecule has 0 saturated heterocycles. The first-order valence-corrected chi connectivity index (χ1v) is 6.80. The van der Waals surface area contributed by atoms with Crippen molar-refractivity contribution in [2.24, 2.45) is 0 Å². The van der Waals surface area contributed by atoms with E-state index >= 15 is 0 Å². The first kappa shape index (κ1) is 11.9. The van der Waals surface area contributed by atoms with Gasteiger partial charge in [0.2, 0.25) is 0 Å². The van der Waals surface area contributed by atoms with Crippen molar-refractivity contribution in [2.45, 2.75) is 0 Å². The molecule has 0 aliphatic carbocycles. The number of fused-ring (bicyclic) bond motifs is 3. The van der Waals surface area contributed by atoms with Gasteiger partial charge in [0.15, 0.2) is 0 Å². The van der Waals surface area contributed by atoms with Crippen LogP contribution in [0.3, 0.4) is 0 Å². The number of pyridine rings is 3. The van der Waals surface area contributed by atoms with Crippen LogP contribution < -0.4 is 5.56 Å². The second-order valence-electron chi connectivity index (χ2n) is 4.90. The summed E-state index contributed by atoms with van der Waals surface area (Å²) in [5.74, 6) is 0. The maximum absolute atomic E-state index is 12.9. The molecule has 0 fully saturated rings. The van der Waals surface area contributed by atoms with E-state index in [-0.39, 0.29) is 5.56 Å². The highest BCUT2D eigenvalue weighted by atomic mass is 16.1. The Hall–Kier alpha value is -2.94. The molecule has 4 aromatic rings. The number of rotatable bonds is 1. The standard InChI is InChI=1S/C18H12N2O/c21-18-17(15-9-3-5-11-19-15)14-8-2-1-7-13(14)16-10-4-6-12-20(16)18/h1-12H. The average Bonchev–Trinajstić information content (AvgIpc) is 2.56. The van der Waals surface area contributed by atoms with Crippen LogP contribution in [0.4, 0.5) is 0 Å². The van der Waals surface area contributed by atoms with Crippen molar-refractivity contribution in [3.63, 3.8) is 0 Å². The predicted octanol–water partition coefficient (Wildman–Crippen LogP) is 3.51. The molecule has 3 aromatic heterocycles. The van der Waals surface area contributed by atoms with Crippen molar-refractivity contribution in [2.75, 3.05) is 0 Å². The van der Waals surface area contributed by atoms with Crippen molar-refractivity contribution in [1.82, 2.24) is 9.38 Å². The van der Waals surface area contributed by atoms with Gasteiger partial charge in [0.05, 0.1) is 16.8 Å². The minimum atomic E-state index is -0.0389. The van der Waals surface area contributed by atoms with Gasteiger partial charge in [-0.25, -0.2) is 0 Å². The van der Waals surface area contributed by atoms with Crippen LogP contribution in [-0.4, -0.2) is 9.38 Å². The van der Waals surface area contributed by atoms with Gasteiger partial charge in [-0.2, -0.15) is 0 Å². The van der Waals surface area contributed by atoms with E-state index in [4.69, 9.17) is 0 Å². The zero-order valence-electron chi connectivity index (χ0n) is 11.2. The van der Waals surface area contributed by atoms with Gasteiger partial charge in [-0.3, -0.25) is 14.2 Å². The molecular formula is C18H12N2O. The summed E-state index contributed by atoms with van der Waals surface area (Å²) in [4.78, 5) is 17.2. The van der Waals surface area contributed by atoms with Crippen molar-refractivity contribution in [3.05, 3.63) is 83.4 Å². The monoisotopic (exact) mass is 272 g/mol. The smallest absolute Gasteiger partial charge is 0.265 e. The van der Waals surface area contributed by atoms with Gasteiger partial charge in [0.25, 0.3) is 5.56 Å². The SMILES string of the molecule is O=c1c(-c2ccccn2)c2ccccc2c2ccccn12. The molecule has 0 unspecified atom stereocenters. The summed E-state index contributed by atoms with van der Waals surface area (Å²) in [6.07, 6.45) is 3.51. The fourth-order valence-electron chi connectivity index (χ4n) is 2.76. The highest BCUT2D eigenvalue weighted by Crippen LogP contribution is 2.26. The molecule has 100 valence electrons. The summed E-state index contributed by atoms with van der Waals surface area (Å²) in [6, 6.07) is 19.4. The van der Waals surface area contributed by atoms with Crippen LogP contribution in [0.25, 0.3) is 27.5 Å². The molecule has 0 saturated carbocycles. The van der Waals surface area contributed by atoms with E-state index in [0.717, 1.165) is 16.3 Å². The second-order valence-corrected chi connectivity index (χ2v) is 4.90. The van der Waals surface area contributed by atoms with Gasteiger partial charge in [0.1, 0.15) is 0 Å². The Bertz CT molecular complexity index is 1000. The molecule has 4 rings (SSSR count). The van der Waals surface area contributed by atoms with Crippen LogP contribution in [-0.2, 0) is 0 Å².